The zero-order chi connectivity index (χ0) is 11.1. The Morgan fingerprint density at radius 1 is 0.933 bits per heavy atom. The van der Waals surface area contributed by atoms with E-state index in [0.29, 0.717) is 0 Å². The molecule has 0 bridgehead atoms. The largest absolute Gasteiger partial charge is 0.0654 e. The van der Waals surface area contributed by atoms with E-state index in [4.69, 9.17) is 0 Å². The van der Waals surface area contributed by atoms with Gasteiger partial charge in [0.25, 0.3) is 0 Å². The minimum Gasteiger partial charge on any atom is -0.0654 e. The summed E-state index contributed by atoms with van der Waals surface area (Å²) in [6.07, 6.45) is 7.49. The molecule has 15 heavy (non-hydrogen) atoms. The van der Waals surface area contributed by atoms with Gasteiger partial charge in [0, 0.05) is 0 Å². The maximum absolute atomic E-state index is 3.55. The lowest BCUT2D eigenvalue weighted by Crippen LogP contribution is -1.92. The number of unbranched alkanes of at least 4 members (excludes halogenated alkanes) is 2. The molecule has 0 amide bonds. The molecule has 0 nitrogen and oxygen atoms in total. The van der Waals surface area contributed by atoms with E-state index in [2.05, 4.69) is 39.0 Å². The van der Waals surface area contributed by atoms with Gasteiger partial charge in [-0.1, -0.05) is 44.4 Å². The number of hydrogen-bond donors (Lipinski definition) is 0. The number of aryl methyl sites for hydroxylation is 3. The Balaban J connectivity index is 2.66. The fraction of sp³-hybridized carbons (Fsp3) is 0.600. The normalized spacial score (nSPS) is 10.6. The molecule has 1 radical (unpaired) electrons. The van der Waals surface area contributed by atoms with Crippen molar-refractivity contribution >= 4 is 0 Å². The predicted molar refractivity (Wildman–Crippen MR) is 67.2 cm³/mol. The second-order valence-electron chi connectivity index (χ2n) is 4.42. The summed E-state index contributed by atoms with van der Waals surface area (Å²) in [5.74, 6) is 0. The van der Waals surface area contributed by atoms with Crippen molar-refractivity contribution in [3.8, 4) is 0 Å². The van der Waals surface area contributed by atoms with Crippen LogP contribution in [0, 0.1) is 13.0 Å². The third kappa shape index (κ3) is 4.51. The molecule has 0 fully saturated rings. The molecule has 1 aromatic rings. The average molecular weight is 203 g/mol. The van der Waals surface area contributed by atoms with Gasteiger partial charge in [-0.15, -0.1) is 0 Å². The molecule has 0 saturated carbocycles. The van der Waals surface area contributed by atoms with Crippen LogP contribution in [0.2, 0.25) is 0 Å². The third-order valence-corrected chi connectivity index (χ3v) is 2.72. The minimum absolute atomic E-state index is 1.19. The fourth-order valence-corrected chi connectivity index (χ4v) is 1.87. The number of hydrogen-bond acceptors (Lipinski definition) is 0. The van der Waals surface area contributed by atoms with Crippen LogP contribution < -0.4 is 0 Å². The Morgan fingerprint density at radius 3 is 1.80 bits per heavy atom. The third-order valence-electron chi connectivity index (χ3n) is 2.72. The highest BCUT2D eigenvalue weighted by atomic mass is 14.0. The highest BCUT2D eigenvalue weighted by molar-refractivity contribution is 5.28. The quantitative estimate of drug-likeness (QED) is 0.639. The van der Waals surface area contributed by atoms with Gasteiger partial charge in [0.1, 0.15) is 0 Å². The minimum atomic E-state index is 1.19. The van der Waals surface area contributed by atoms with Crippen molar-refractivity contribution in [2.45, 2.75) is 59.3 Å². The first kappa shape index (κ1) is 12.3. The topological polar surface area (TPSA) is 0 Å². The van der Waals surface area contributed by atoms with Gasteiger partial charge >= 0.3 is 0 Å². The molecule has 1 rings (SSSR count). The zero-order valence-corrected chi connectivity index (χ0v) is 10.4. The van der Waals surface area contributed by atoms with E-state index in [-0.39, 0.29) is 0 Å². The SMILES string of the molecule is CCCCc1[c]c(CCCC)cc(C)c1. The van der Waals surface area contributed by atoms with Crippen LogP contribution in [0.5, 0.6) is 0 Å². The van der Waals surface area contributed by atoms with E-state index in [1.54, 1.807) is 0 Å². The summed E-state index contributed by atoms with van der Waals surface area (Å²) in [6.45, 7) is 6.68. The summed E-state index contributed by atoms with van der Waals surface area (Å²) in [5, 5.41) is 0. The highest BCUT2D eigenvalue weighted by Gasteiger charge is 1.99. The maximum Gasteiger partial charge on any atom is -0.0114 e. The predicted octanol–water partition coefficient (Wildman–Crippen LogP) is 4.48. The first-order chi connectivity index (χ1) is 7.26. The van der Waals surface area contributed by atoms with Crippen molar-refractivity contribution in [1.82, 2.24) is 0 Å². The van der Waals surface area contributed by atoms with Crippen LogP contribution in [0.25, 0.3) is 0 Å². The van der Waals surface area contributed by atoms with Gasteiger partial charge in [0.05, 0.1) is 0 Å². The summed E-state index contributed by atoms with van der Waals surface area (Å²) < 4.78 is 0. The summed E-state index contributed by atoms with van der Waals surface area (Å²) in [7, 11) is 0. The van der Waals surface area contributed by atoms with Crippen LogP contribution in [0.4, 0.5) is 0 Å². The van der Waals surface area contributed by atoms with E-state index in [1.165, 1.54) is 55.2 Å². The lowest BCUT2D eigenvalue weighted by atomic mass is 9.99. The molecule has 0 atom stereocenters. The molecule has 0 saturated heterocycles. The molecule has 0 spiro atoms. The Kier molecular flexibility index (Phi) is 5.45. The summed E-state index contributed by atoms with van der Waals surface area (Å²) in [6, 6.07) is 8.12. The molecular weight excluding hydrogens is 180 g/mol. The fourth-order valence-electron chi connectivity index (χ4n) is 1.87. The van der Waals surface area contributed by atoms with Crippen LogP contribution in [-0.2, 0) is 12.8 Å². The van der Waals surface area contributed by atoms with Gasteiger partial charge < -0.3 is 0 Å². The molecule has 1 aromatic carbocycles. The van der Waals surface area contributed by atoms with Crippen molar-refractivity contribution in [1.29, 1.82) is 0 Å². The van der Waals surface area contributed by atoms with Crippen molar-refractivity contribution in [2.75, 3.05) is 0 Å². The van der Waals surface area contributed by atoms with E-state index in [0.717, 1.165) is 0 Å². The van der Waals surface area contributed by atoms with Gasteiger partial charge in [0.15, 0.2) is 0 Å². The van der Waals surface area contributed by atoms with Crippen LogP contribution in [0.1, 0.15) is 56.2 Å². The number of benzene rings is 1. The second kappa shape index (κ2) is 6.66. The van der Waals surface area contributed by atoms with Crippen LogP contribution >= 0.6 is 0 Å². The summed E-state index contributed by atoms with van der Waals surface area (Å²) >= 11 is 0. The first-order valence-electron chi connectivity index (χ1n) is 6.28. The van der Waals surface area contributed by atoms with Crippen molar-refractivity contribution in [3.05, 3.63) is 34.9 Å². The molecule has 0 unspecified atom stereocenters. The molecule has 0 heterocycles. The van der Waals surface area contributed by atoms with Crippen LogP contribution in [0.15, 0.2) is 12.1 Å². The molecule has 0 aliphatic heterocycles. The Hall–Kier alpha value is -0.780. The van der Waals surface area contributed by atoms with Crippen LogP contribution in [0.3, 0.4) is 0 Å². The van der Waals surface area contributed by atoms with E-state index < -0.39 is 0 Å². The lowest BCUT2D eigenvalue weighted by molar-refractivity contribution is 0.778. The molecule has 83 valence electrons. The zero-order valence-electron chi connectivity index (χ0n) is 10.4. The molecule has 0 aliphatic rings. The summed E-state index contributed by atoms with van der Waals surface area (Å²) in [4.78, 5) is 0. The highest BCUT2D eigenvalue weighted by Crippen LogP contribution is 2.13. The molecule has 0 N–H and O–H groups in total. The summed E-state index contributed by atoms with van der Waals surface area (Å²) in [5.41, 5.74) is 4.21. The molecular formula is C15H23. The first-order valence-corrected chi connectivity index (χ1v) is 6.28. The standard InChI is InChI=1S/C15H23/c1-4-6-8-14-10-13(3)11-15(12-14)9-7-5-2/h10-11H,4-9H2,1-3H3. The average Bonchev–Trinajstić information content (AvgIpc) is 2.23. The van der Waals surface area contributed by atoms with Gasteiger partial charge in [-0.2, -0.15) is 0 Å². The van der Waals surface area contributed by atoms with Crippen LogP contribution in [-0.4, -0.2) is 0 Å². The van der Waals surface area contributed by atoms with Gasteiger partial charge in [0.2, 0.25) is 0 Å². The smallest absolute Gasteiger partial charge is 0.0114 e. The Labute approximate surface area is 94.7 Å². The van der Waals surface area contributed by atoms with Crippen molar-refractivity contribution < 1.29 is 0 Å². The molecule has 0 aromatic heterocycles. The van der Waals surface area contributed by atoms with Gasteiger partial charge in [-0.05, 0) is 49.8 Å². The van der Waals surface area contributed by atoms with Gasteiger partial charge in [-0.25, -0.2) is 0 Å². The van der Waals surface area contributed by atoms with E-state index in [9.17, 15) is 0 Å². The monoisotopic (exact) mass is 203 g/mol. The van der Waals surface area contributed by atoms with E-state index in [1.807, 2.05) is 0 Å². The lowest BCUT2D eigenvalue weighted by Gasteiger charge is -2.06. The molecule has 0 aliphatic carbocycles. The Bertz CT molecular complexity index is 260. The Morgan fingerprint density at radius 2 is 1.40 bits per heavy atom. The second-order valence-corrected chi connectivity index (χ2v) is 4.42. The van der Waals surface area contributed by atoms with E-state index >= 15 is 0 Å². The van der Waals surface area contributed by atoms with Gasteiger partial charge in [-0.3, -0.25) is 0 Å². The van der Waals surface area contributed by atoms with Crippen molar-refractivity contribution in [3.63, 3.8) is 0 Å². The maximum atomic E-state index is 3.55. The number of rotatable bonds is 6. The van der Waals surface area contributed by atoms with Crippen molar-refractivity contribution in [2.24, 2.45) is 0 Å². The molecule has 0 heteroatoms.